The number of hydrogen-bond donors (Lipinski definition) is 2. The second-order valence-corrected chi connectivity index (χ2v) is 10.3. The highest BCUT2D eigenvalue weighted by molar-refractivity contribution is 6.06. The third kappa shape index (κ3) is 3.54. The monoisotopic (exact) mass is 458 g/mol. The molecule has 7 nitrogen and oxygen atoms in total. The maximum absolute atomic E-state index is 13.4. The average molecular weight is 459 g/mol. The summed E-state index contributed by atoms with van der Waals surface area (Å²) in [6.07, 6.45) is 1.81. The molecule has 3 amide bonds. The molecule has 3 N–H and O–H groups in total. The fourth-order valence-corrected chi connectivity index (χ4v) is 6.78. The Hall–Kier alpha value is -3.03. The van der Waals surface area contributed by atoms with E-state index >= 15 is 0 Å². The highest BCUT2D eigenvalue weighted by atomic mass is 16.2. The van der Waals surface area contributed by atoms with Gasteiger partial charge in [-0.15, -0.1) is 0 Å². The Labute approximate surface area is 199 Å². The van der Waals surface area contributed by atoms with E-state index in [0.29, 0.717) is 37.3 Å². The smallest absolute Gasteiger partial charge is 0.255 e. The molecular weight excluding hydrogens is 428 g/mol. The molecule has 2 bridgehead atoms. The van der Waals surface area contributed by atoms with Crippen LogP contribution in [0, 0.1) is 11.8 Å². The van der Waals surface area contributed by atoms with Gasteiger partial charge < -0.3 is 10.6 Å². The largest absolute Gasteiger partial charge is 0.327 e. The number of fused-ring (bicyclic) bond motifs is 3. The summed E-state index contributed by atoms with van der Waals surface area (Å²) in [7, 11) is 0. The number of carbonyl (C=O) groups excluding carboxylic acids is 3. The molecule has 1 saturated carbocycles. The number of benzene rings is 2. The van der Waals surface area contributed by atoms with Gasteiger partial charge in [-0.25, -0.2) is 0 Å². The number of likely N-dealkylation sites (tertiary alicyclic amines) is 1. The van der Waals surface area contributed by atoms with Crippen molar-refractivity contribution in [3.63, 3.8) is 0 Å². The van der Waals surface area contributed by atoms with Crippen LogP contribution in [0.3, 0.4) is 0 Å². The van der Waals surface area contributed by atoms with E-state index in [4.69, 9.17) is 5.73 Å². The number of rotatable bonds is 4. The topological polar surface area (TPSA) is 95.7 Å². The van der Waals surface area contributed by atoms with Gasteiger partial charge in [0, 0.05) is 50.1 Å². The number of hydrogen-bond acceptors (Lipinski definition) is 5. The first-order chi connectivity index (χ1) is 16.5. The van der Waals surface area contributed by atoms with Crippen LogP contribution in [-0.4, -0.2) is 52.7 Å². The van der Waals surface area contributed by atoms with Crippen molar-refractivity contribution in [2.45, 2.75) is 50.4 Å². The molecule has 2 saturated heterocycles. The fourth-order valence-electron chi connectivity index (χ4n) is 6.78. The molecule has 4 aliphatic rings. The summed E-state index contributed by atoms with van der Waals surface area (Å²) in [5.41, 5.74) is 10.8. The predicted molar refractivity (Wildman–Crippen MR) is 127 cm³/mol. The summed E-state index contributed by atoms with van der Waals surface area (Å²) in [6, 6.07) is 16.2. The van der Waals surface area contributed by atoms with E-state index in [9.17, 15) is 14.4 Å². The molecule has 176 valence electrons. The van der Waals surface area contributed by atoms with Gasteiger partial charge in [0.15, 0.2) is 0 Å². The lowest BCUT2D eigenvalue weighted by atomic mass is 9.87. The van der Waals surface area contributed by atoms with Crippen LogP contribution in [0.15, 0.2) is 48.5 Å². The minimum Gasteiger partial charge on any atom is -0.327 e. The Morgan fingerprint density at radius 3 is 2.56 bits per heavy atom. The van der Waals surface area contributed by atoms with Crippen molar-refractivity contribution in [1.29, 1.82) is 0 Å². The Balaban J connectivity index is 1.21. The fraction of sp³-hybridized carbons (Fsp3) is 0.444. The first-order valence-corrected chi connectivity index (χ1v) is 12.3. The third-order valence-electron chi connectivity index (χ3n) is 8.27. The molecule has 0 radical (unpaired) electrons. The van der Waals surface area contributed by atoms with Crippen LogP contribution in [0.25, 0.3) is 0 Å². The lowest BCUT2D eigenvalue weighted by molar-refractivity contribution is -0.136. The molecule has 3 aliphatic heterocycles. The first kappa shape index (κ1) is 21.5. The van der Waals surface area contributed by atoms with Crippen LogP contribution >= 0.6 is 0 Å². The van der Waals surface area contributed by atoms with Gasteiger partial charge in [-0.05, 0) is 41.4 Å². The van der Waals surface area contributed by atoms with Gasteiger partial charge in [-0.3, -0.25) is 24.6 Å². The van der Waals surface area contributed by atoms with Crippen LogP contribution in [0.4, 0.5) is 0 Å². The van der Waals surface area contributed by atoms with E-state index in [1.54, 1.807) is 4.90 Å². The summed E-state index contributed by atoms with van der Waals surface area (Å²) in [6.45, 7) is 3.04. The van der Waals surface area contributed by atoms with E-state index in [1.165, 1.54) is 5.56 Å². The molecule has 3 heterocycles. The maximum atomic E-state index is 13.4. The quantitative estimate of drug-likeness (QED) is 0.684. The van der Waals surface area contributed by atoms with Crippen LogP contribution in [0.1, 0.15) is 52.2 Å². The van der Waals surface area contributed by atoms with Crippen LogP contribution in [-0.2, 0) is 22.7 Å². The van der Waals surface area contributed by atoms with E-state index in [-0.39, 0.29) is 30.2 Å². The van der Waals surface area contributed by atoms with Crippen molar-refractivity contribution in [3.8, 4) is 0 Å². The zero-order chi connectivity index (χ0) is 23.4. The van der Waals surface area contributed by atoms with Crippen molar-refractivity contribution in [3.05, 3.63) is 70.8 Å². The molecule has 3 fully saturated rings. The minimum absolute atomic E-state index is 0.0982. The zero-order valence-corrected chi connectivity index (χ0v) is 19.2. The molecule has 0 aromatic heterocycles. The van der Waals surface area contributed by atoms with E-state index in [0.717, 1.165) is 36.2 Å². The lowest BCUT2D eigenvalue weighted by Crippen LogP contribution is -2.52. The van der Waals surface area contributed by atoms with Gasteiger partial charge >= 0.3 is 0 Å². The second-order valence-electron chi connectivity index (χ2n) is 10.3. The Morgan fingerprint density at radius 1 is 0.971 bits per heavy atom. The van der Waals surface area contributed by atoms with Crippen molar-refractivity contribution in [1.82, 2.24) is 15.1 Å². The minimum atomic E-state index is -0.582. The summed E-state index contributed by atoms with van der Waals surface area (Å²) in [5, 5.41) is 2.38. The van der Waals surface area contributed by atoms with Crippen molar-refractivity contribution in [2.75, 3.05) is 13.1 Å². The highest BCUT2D eigenvalue weighted by Gasteiger charge is 2.46. The maximum Gasteiger partial charge on any atom is 0.255 e. The summed E-state index contributed by atoms with van der Waals surface area (Å²) in [5.74, 6) is 0.617. The number of nitrogens with one attached hydrogen (secondary N) is 1. The van der Waals surface area contributed by atoms with E-state index in [2.05, 4.69) is 34.5 Å². The number of piperidine rings is 2. The number of amides is 3. The Morgan fingerprint density at radius 2 is 1.76 bits per heavy atom. The van der Waals surface area contributed by atoms with Gasteiger partial charge in [-0.1, -0.05) is 48.5 Å². The molecule has 34 heavy (non-hydrogen) atoms. The van der Waals surface area contributed by atoms with Gasteiger partial charge in [0.2, 0.25) is 11.8 Å². The molecule has 5 atom stereocenters. The molecule has 0 spiro atoms. The lowest BCUT2D eigenvalue weighted by Gasteiger charge is -2.33. The summed E-state index contributed by atoms with van der Waals surface area (Å²) in [4.78, 5) is 41.5. The molecule has 7 heteroatoms. The first-order valence-electron chi connectivity index (χ1n) is 12.3. The Bertz CT molecular complexity index is 1150. The number of carbonyl (C=O) groups is 3. The molecule has 1 unspecified atom stereocenters. The molecule has 2 aromatic carbocycles. The van der Waals surface area contributed by atoms with Gasteiger partial charge in [0.1, 0.15) is 6.04 Å². The standard InChI is InChI=1S/C27H30N4O3/c28-25-20-11-19(23(25)16-5-2-1-3-6-16)13-30(14-20)12-17-7-4-8-18-15-31(27(34)24(17)18)21-9-10-22(32)29-26(21)33/h1-8,19-21,23,25H,9-15,28H2,(H,29,32,33)/t19-,20+,21?,23-,25-/m0/s1. The molecule has 1 aliphatic carbocycles. The SMILES string of the molecule is N[C@H]1[C@@H]2C[C@@H](CN(Cc3cccc4c3C(=O)N(C3CCC(=O)NC3=O)C4)C2)[C@@H]1c1ccccc1. The van der Waals surface area contributed by atoms with Crippen LogP contribution < -0.4 is 11.1 Å². The third-order valence-corrected chi connectivity index (χ3v) is 8.27. The van der Waals surface area contributed by atoms with E-state index < -0.39 is 6.04 Å². The van der Waals surface area contributed by atoms with Crippen molar-refractivity contribution in [2.24, 2.45) is 17.6 Å². The van der Waals surface area contributed by atoms with Crippen molar-refractivity contribution < 1.29 is 14.4 Å². The number of nitrogens with two attached hydrogens (primary N) is 1. The van der Waals surface area contributed by atoms with E-state index in [1.807, 2.05) is 24.3 Å². The summed E-state index contributed by atoms with van der Waals surface area (Å²) >= 11 is 0. The van der Waals surface area contributed by atoms with Crippen LogP contribution in [0.2, 0.25) is 0 Å². The Kier molecular flexibility index (Phi) is 5.26. The highest BCUT2D eigenvalue weighted by Crippen LogP contribution is 2.46. The predicted octanol–water partition coefficient (Wildman–Crippen LogP) is 2.01. The van der Waals surface area contributed by atoms with Gasteiger partial charge in [0.25, 0.3) is 5.91 Å². The van der Waals surface area contributed by atoms with Crippen LogP contribution in [0.5, 0.6) is 0 Å². The van der Waals surface area contributed by atoms with Gasteiger partial charge in [0.05, 0.1) is 0 Å². The molecule has 2 aromatic rings. The second kappa shape index (κ2) is 8.32. The molecular formula is C27H30N4O3. The average Bonchev–Trinajstić information content (AvgIpc) is 3.28. The normalized spacial score (nSPS) is 31.0. The number of imide groups is 1. The number of nitrogens with zero attached hydrogens (tertiary/aromatic N) is 2. The molecule has 6 rings (SSSR count). The van der Waals surface area contributed by atoms with Crippen molar-refractivity contribution >= 4 is 17.7 Å². The van der Waals surface area contributed by atoms with Gasteiger partial charge in [-0.2, -0.15) is 0 Å². The zero-order valence-electron chi connectivity index (χ0n) is 19.2. The summed E-state index contributed by atoms with van der Waals surface area (Å²) < 4.78 is 0.